The van der Waals surface area contributed by atoms with Crippen molar-refractivity contribution in [1.29, 1.82) is 0 Å². The lowest BCUT2D eigenvalue weighted by Gasteiger charge is -2.17. The topological polar surface area (TPSA) is 66.8 Å². The standard InChI is InChI=1S/C21H27N5O/c1-17-14-22-26(15-17)16-21(27)25(2)12-8-4-7-11-19-13-20(24-23-19)18-9-5-3-6-10-18/h3,5-6,9-10,13-15H,4,7-8,11-12,16H2,1-2H3,(H,23,24). The highest BCUT2D eigenvalue weighted by Gasteiger charge is 2.10. The summed E-state index contributed by atoms with van der Waals surface area (Å²) in [5, 5.41) is 11.7. The molecule has 1 aromatic carbocycles. The summed E-state index contributed by atoms with van der Waals surface area (Å²) in [6.07, 6.45) is 7.80. The molecule has 0 bridgehead atoms. The molecule has 2 aromatic heterocycles. The highest BCUT2D eigenvalue weighted by molar-refractivity contribution is 5.75. The van der Waals surface area contributed by atoms with Crippen LogP contribution >= 0.6 is 0 Å². The van der Waals surface area contributed by atoms with Gasteiger partial charge >= 0.3 is 0 Å². The molecule has 0 aliphatic heterocycles. The number of rotatable bonds is 9. The number of aryl methyl sites for hydroxylation is 2. The van der Waals surface area contributed by atoms with Crippen molar-refractivity contribution in [2.75, 3.05) is 13.6 Å². The minimum Gasteiger partial charge on any atom is -0.344 e. The molecule has 142 valence electrons. The Morgan fingerprint density at radius 3 is 2.74 bits per heavy atom. The molecular formula is C21H27N5O. The Balaban J connectivity index is 1.34. The van der Waals surface area contributed by atoms with Crippen LogP contribution in [0.5, 0.6) is 0 Å². The highest BCUT2D eigenvalue weighted by Crippen LogP contribution is 2.17. The zero-order valence-corrected chi connectivity index (χ0v) is 16.1. The van der Waals surface area contributed by atoms with E-state index in [0.29, 0.717) is 6.54 Å². The van der Waals surface area contributed by atoms with E-state index in [1.54, 1.807) is 15.8 Å². The van der Waals surface area contributed by atoms with Gasteiger partial charge in [0, 0.05) is 31.0 Å². The third-order valence-corrected chi connectivity index (χ3v) is 4.63. The molecule has 6 nitrogen and oxygen atoms in total. The molecule has 3 rings (SSSR count). The van der Waals surface area contributed by atoms with E-state index >= 15 is 0 Å². The van der Waals surface area contributed by atoms with E-state index in [1.165, 1.54) is 0 Å². The summed E-state index contributed by atoms with van der Waals surface area (Å²) in [7, 11) is 1.86. The number of carbonyl (C=O) groups is 1. The van der Waals surface area contributed by atoms with Crippen LogP contribution in [0.1, 0.15) is 30.5 Å². The molecule has 27 heavy (non-hydrogen) atoms. The van der Waals surface area contributed by atoms with E-state index < -0.39 is 0 Å². The van der Waals surface area contributed by atoms with Crippen molar-refractivity contribution in [3.05, 3.63) is 60.0 Å². The van der Waals surface area contributed by atoms with Crippen molar-refractivity contribution in [3.63, 3.8) is 0 Å². The fraction of sp³-hybridized carbons (Fsp3) is 0.381. The summed E-state index contributed by atoms with van der Waals surface area (Å²) >= 11 is 0. The van der Waals surface area contributed by atoms with Gasteiger partial charge in [0.2, 0.25) is 5.91 Å². The number of nitrogens with zero attached hydrogens (tertiary/aromatic N) is 4. The quantitative estimate of drug-likeness (QED) is 0.591. The van der Waals surface area contributed by atoms with Gasteiger partial charge in [0.25, 0.3) is 0 Å². The Morgan fingerprint density at radius 2 is 2.00 bits per heavy atom. The lowest BCUT2D eigenvalue weighted by molar-refractivity contribution is -0.130. The summed E-state index contributed by atoms with van der Waals surface area (Å²) in [6.45, 7) is 3.05. The summed E-state index contributed by atoms with van der Waals surface area (Å²) in [5.41, 5.74) is 4.35. The molecule has 6 heteroatoms. The molecule has 0 spiro atoms. The van der Waals surface area contributed by atoms with Crippen molar-refractivity contribution < 1.29 is 4.79 Å². The normalized spacial score (nSPS) is 10.9. The molecule has 0 fully saturated rings. The fourth-order valence-electron chi connectivity index (χ4n) is 3.03. The van der Waals surface area contributed by atoms with E-state index in [2.05, 4.69) is 33.5 Å². The van der Waals surface area contributed by atoms with E-state index in [-0.39, 0.29) is 5.91 Å². The summed E-state index contributed by atoms with van der Waals surface area (Å²) in [5.74, 6) is 0.0965. The van der Waals surface area contributed by atoms with Gasteiger partial charge in [-0.05, 0) is 37.8 Å². The molecule has 2 heterocycles. The second-order valence-electron chi connectivity index (χ2n) is 6.99. The molecule has 1 amide bonds. The van der Waals surface area contributed by atoms with Crippen LogP contribution in [0.15, 0.2) is 48.8 Å². The maximum atomic E-state index is 12.2. The summed E-state index contributed by atoms with van der Waals surface area (Å²) in [6, 6.07) is 12.3. The fourth-order valence-corrected chi connectivity index (χ4v) is 3.03. The van der Waals surface area contributed by atoms with E-state index in [0.717, 1.165) is 54.7 Å². The van der Waals surface area contributed by atoms with Gasteiger partial charge in [-0.25, -0.2) is 0 Å². The van der Waals surface area contributed by atoms with Crippen LogP contribution in [0.3, 0.4) is 0 Å². The first-order valence-corrected chi connectivity index (χ1v) is 9.44. The maximum Gasteiger partial charge on any atom is 0.244 e. The van der Waals surface area contributed by atoms with Crippen molar-refractivity contribution in [2.45, 2.75) is 39.2 Å². The molecule has 0 aliphatic rings. The number of hydrogen-bond donors (Lipinski definition) is 1. The number of aromatic amines is 1. The Bertz CT molecular complexity index is 852. The van der Waals surface area contributed by atoms with E-state index in [4.69, 9.17) is 0 Å². The summed E-state index contributed by atoms with van der Waals surface area (Å²) in [4.78, 5) is 14.0. The minimum absolute atomic E-state index is 0.0965. The Labute approximate surface area is 160 Å². The van der Waals surface area contributed by atoms with Crippen LogP contribution in [-0.2, 0) is 17.8 Å². The average Bonchev–Trinajstić information content (AvgIpc) is 3.31. The Morgan fingerprint density at radius 1 is 1.19 bits per heavy atom. The molecule has 3 aromatic rings. The van der Waals surface area contributed by atoms with Crippen molar-refractivity contribution >= 4 is 5.91 Å². The van der Waals surface area contributed by atoms with E-state index in [9.17, 15) is 4.79 Å². The van der Waals surface area contributed by atoms with Crippen LogP contribution in [0, 0.1) is 6.92 Å². The van der Waals surface area contributed by atoms with E-state index in [1.807, 2.05) is 38.4 Å². The largest absolute Gasteiger partial charge is 0.344 e. The summed E-state index contributed by atoms with van der Waals surface area (Å²) < 4.78 is 1.69. The second-order valence-corrected chi connectivity index (χ2v) is 6.99. The number of likely N-dealkylation sites (N-methyl/N-ethyl adjacent to an activating group) is 1. The number of nitrogens with one attached hydrogen (secondary N) is 1. The Kier molecular flexibility index (Phi) is 6.41. The molecule has 0 aliphatic carbocycles. The number of hydrogen-bond acceptors (Lipinski definition) is 3. The maximum absolute atomic E-state index is 12.2. The zero-order chi connectivity index (χ0) is 19.1. The van der Waals surface area contributed by atoms with Crippen LogP contribution < -0.4 is 0 Å². The monoisotopic (exact) mass is 365 g/mol. The number of H-pyrrole nitrogens is 1. The number of aromatic nitrogens is 4. The van der Waals surface area contributed by atoms with Gasteiger partial charge < -0.3 is 4.90 Å². The van der Waals surface area contributed by atoms with Crippen LogP contribution in [-0.4, -0.2) is 44.4 Å². The number of benzene rings is 1. The predicted molar refractivity (Wildman–Crippen MR) is 106 cm³/mol. The first-order chi connectivity index (χ1) is 13.1. The third-order valence-electron chi connectivity index (χ3n) is 4.63. The number of carbonyl (C=O) groups excluding carboxylic acids is 1. The smallest absolute Gasteiger partial charge is 0.244 e. The molecule has 0 atom stereocenters. The molecule has 0 saturated heterocycles. The third kappa shape index (κ3) is 5.54. The van der Waals surface area contributed by atoms with Gasteiger partial charge in [-0.1, -0.05) is 36.8 Å². The van der Waals surface area contributed by atoms with Crippen LogP contribution in [0.25, 0.3) is 11.3 Å². The zero-order valence-electron chi connectivity index (χ0n) is 16.1. The van der Waals surface area contributed by atoms with Crippen LogP contribution in [0.4, 0.5) is 0 Å². The lowest BCUT2D eigenvalue weighted by atomic mass is 10.1. The molecular weight excluding hydrogens is 338 g/mol. The minimum atomic E-state index is 0.0965. The molecule has 0 saturated carbocycles. The van der Waals surface area contributed by atoms with Crippen molar-refractivity contribution in [1.82, 2.24) is 24.9 Å². The highest BCUT2D eigenvalue weighted by atomic mass is 16.2. The predicted octanol–water partition coefficient (Wildman–Crippen LogP) is 3.45. The molecule has 0 radical (unpaired) electrons. The lowest BCUT2D eigenvalue weighted by Crippen LogP contribution is -2.31. The van der Waals surface area contributed by atoms with Gasteiger partial charge in [-0.3, -0.25) is 14.6 Å². The van der Waals surface area contributed by atoms with Gasteiger partial charge in [-0.15, -0.1) is 0 Å². The number of amides is 1. The van der Waals surface area contributed by atoms with Crippen molar-refractivity contribution in [2.24, 2.45) is 0 Å². The van der Waals surface area contributed by atoms with Crippen LogP contribution in [0.2, 0.25) is 0 Å². The average molecular weight is 365 g/mol. The molecule has 0 unspecified atom stereocenters. The van der Waals surface area contributed by atoms with Gasteiger partial charge in [0.05, 0.1) is 11.9 Å². The molecule has 1 N–H and O–H groups in total. The number of unbranched alkanes of at least 4 members (excludes halogenated alkanes) is 2. The van der Waals surface area contributed by atoms with Gasteiger partial charge in [-0.2, -0.15) is 10.2 Å². The van der Waals surface area contributed by atoms with Gasteiger partial charge in [0.1, 0.15) is 6.54 Å². The first-order valence-electron chi connectivity index (χ1n) is 9.44. The Hall–Kier alpha value is -2.89. The van der Waals surface area contributed by atoms with Crippen molar-refractivity contribution in [3.8, 4) is 11.3 Å². The van der Waals surface area contributed by atoms with Gasteiger partial charge in [0.15, 0.2) is 0 Å². The SMILES string of the molecule is Cc1cnn(CC(=O)N(C)CCCCCc2cc(-c3ccccc3)n[nH]2)c1. The second kappa shape index (κ2) is 9.16. The first kappa shape index (κ1) is 18.9.